The molecule has 0 aliphatic carbocycles. The molecule has 0 unspecified atom stereocenters. The zero-order valence-electron chi connectivity index (χ0n) is 12.9. The molecule has 8 heteroatoms. The number of aromatic nitrogens is 1. The van der Waals surface area contributed by atoms with E-state index in [1.54, 1.807) is 6.20 Å². The van der Waals surface area contributed by atoms with Crippen molar-refractivity contribution < 1.29 is 18.3 Å². The molecule has 0 atom stereocenters. The van der Waals surface area contributed by atoms with Crippen LogP contribution in [0.3, 0.4) is 0 Å². The first-order valence-electron chi connectivity index (χ1n) is 7.53. The molecule has 1 amide bonds. The summed E-state index contributed by atoms with van der Waals surface area (Å²) in [6.45, 7) is 0.923. The summed E-state index contributed by atoms with van der Waals surface area (Å²) in [6, 6.07) is 3.77. The number of carbonyl (C=O) groups excluding carboxylic acids is 1. The number of nitrogens with one attached hydrogen (secondary N) is 1. The first-order chi connectivity index (χ1) is 11.5. The SMILES string of the molecule is NC1(C(=O)Nc2ncc(Cc3ccc(F)c(F)c3)s2)CCOCC1. The van der Waals surface area contributed by atoms with E-state index in [4.69, 9.17) is 10.5 Å². The van der Waals surface area contributed by atoms with Crippen LogP contribution in [0.1, 0.15) is 23.3 Å². The monoisotopic (exact) mass is 353 g/mol. The molecule has 0 saturated carbocycles. The Bertz CT molecular complexity index is 745. The van der Waals surface area contributed by atoms with Crippen LogP contribution < -0.4 is 11.1 Å². The largest absolute Gasteiger partial charge is 0.381 e. The van der Waals surface area contributed by atoms with Gasteiger partial charge in [0.05, 0.1) is 0 Å². The number of anilines is 1. The van der Waals surface area contributed by atoms with Crippen molar-refractivity contribution in [2.75, 3.05) is 18.5 Å². The molecule has 1 fully saturated rings. The Morgan fingerprint density at radius 2 is 2.08 bits per heavy atom. The second kappa shape index (κ2) is 6.92. The van der Waals surface area contributed by atoms with Gasteiger partial charge in [-0.3, -0.25) is 4.79 Å². The summed E-state index contributed by atoms with van der Waals surface area (Å²) >= 11 is 1.28. The van der Waals surface area contributed by atoms with E-state index in [0.29, 0.717) is 43.2 Å². The minimum Gasteiger partial charge on any atom is -0.381 e. The summed E-state index contributed by atoms with van der Waals surface area (Å²) in [5, 5.41) is 3.17. The fourth-order valence-corrected chi connectivity index (χ4v) is 3.32. The predicted octanol–water partition coefficient (Wildman–Crippen LogP) is 2.46. The second-order valence-electron chi connectivity index (χ2n) is 5.78. The number of hydrogen-bond donors (Lipinski definition) is 2. The number of carbonyl (C=O) groups is 1. The maximum absolute atomic E-state index is 13.2. The average molecular weight is 353 g/mol. The van der Waals surface area contributed by atoms with Crippen LogP contribution >= 0.6 is 11.3 Å². The van der Waals surface area contributed by atoms with Crippen LogP contribution in [-0.4, -0.2) is 29.6 Å². The first-order valence-corrected chi connectivity index (χ1v) is 8.35. The highest BCUT2D eigenvalue weighted by molar-refractivity contribution is 7.15. The van der Waals surface area contributed by atoms with Gasteiger partial charge in [0.1, 0.15) is 5.54 Å². The van der Waals surface area contributed by atoms with Crippen molar-refractivity contribution >= 4 is 22.4 Å². The summed E-state index contributed by atoms with van der Waals surface area (Å²) in [5.41, 5.74) is 5.81. The van der Waals surface area contributed by atoms with E-state index < -0.39 is 17.2 Å². The van der Waals surface area contributed by atoms with Crippen molar-refractivity contribution in [3.05, 3.63) is 46.5 Å². The zero-order chi connectivity index (χ0) is 17.2. The van der Waals surface area contributed by atoms with E-state index in [2.05, 4.69) is 10.3 Å². The van der Waals surface area contributed by atoms with E-state index >= 15 is 0 Å². The van der Waals surface area contributed by atoms with Crippen molar-refractivity contribution in [1.29, 1.82) is 0 Å². The van der Waals surface area contributed by atoms with Gasteiger partial charge in [0, 0.05) is 30.7 Å². The summed E-state index contributed by atoms with van der Waals surface area (Å²) < 4.78 is 31.4. The quantitative estimate of drug-likeness (QED) is 0.885. The van der Waals surface area contributed by atoms with Crippen molar-refractivity contribution in [2.45, 2.75) is 24.8 Å². The Kier molecular flexibility index (Phi) is 4.88. The van der Waals surface area contributed by atoms with Crippen LogP contribution in [0.25, 0.3) is 0 Å². The Hall–Kier alpha value is -1.90. The second-order valence-corrected chi connectivity index (χ2v) is 6.89. The molecular formula is C16H17F2N3O2S. The first kappa shape index (κ1) is 16.9. The van der Waals surface area contributed by atoms with E-state index in [0.717, 1.165) is 17.0 Å². The van der Waals surface area contributed by atoms with Crippen molar-refractivity contribution in [3.63, 3.8) is 0 Å². The van der Waals surface area contributed by atoms with Gasteiger partial charge in [0.15, 0.2) is 16.8 Å². The molecule has 3 rings (SSSR count). The van der Waals surface area contributed by atoms with Gasteiger partial charge in [0.2, 0.25) is 5.91 Å². The standard InChI is InChI=1S/C16H17F2N3O2S/c17-12-2-1-10(8-13(12)18)7-11-9-20-15(24-11)21-14(22)16(19)3-5-23-6-4-16/h1-2,8-9H,3-7,19H2,(H,20,21,22). The number of hydrogen-bond acceptors (Lipinski definition) is 5. The minimum atomic E-state index is -0.940. The third kappa shape index (κ3) is 3.77. The van der Waals surface area contributed by atoms with Crippen molar-refractivity contribution in [1.82, 2.24) is 4.98 Å². The number of benzene rings is 1. The topological polar surface area (TPSA) is 77.2 Å². The van der Waals surface area contributed by atoms with Crippen molar-refractivity contribution in [3.8, 4) is 0 Å². The number of amides is 1. The number of halogens is 2. The van der Waals surface area contributed by atoms with Crippen LogP contribution in [-0.2, 0) is 16.0 Å². The highest BCUT2D eigenvalue weighted by Crippen LogP contribution is 2.25. The molecule has 1 aromatic heterocycles. The maximum atomic E-state index is 13.2. The third-order valence-electron chi connectivity index (χ3n) is 3.97. The number of thiazole rings is 1. The van der Waals surface area contributed by atoms with Crippen LogP contribution in [0.2, 0.25) is 0 Å². The Morgan fingerprint density at radius 1 is 1.33 bits per heavy atom. The van der Waals surface area contributed by atoms with Gasteiger partial charge >= 0.3 is 0 Å². The third-order valence-corrected chi connectivity index (χ3v) is 4.89. The maximum Gasteiger partial charge on any atom is 0.246 e. The van der Waals surface area contributed by atoms with Gasteiger partial charge < -0.3 is 15.8 Å². The Balaban J connectivity index is 1.64. The summed E-state index contributed by atoms with van der Waals surface area (Å²) in [6.07, 6.45) is 2.94. The summed E-state index contributed by atoms with van der Waals surface area (Å²) in [4.78, 5) is 17.3. The zero-order valence-corrected chi connectivity index (χ0v) is 13.7. The molecule has 128 valence electrons. The highest BCUT2D eigenvalue weighted by atomic mass is 32.1. The number of nitrogens with two attached hydrogens (primary N) is 1. The molecule has 24 heavy (non-hydrogen) atoms. The fraction of sp³-hybridized carbons (Fsp3) is 0.375. The molecule has 2 heterocycles. The van der Waals surface area contributed by atoms with E-state index in [1.807, 2.05) is 0 Å². The molecule has 1 aliphatic heterocycles. The summed E-state index contributed by atoms with van der Waals surface area (Å²) in [5.74, 6) is -2.03. The van der Waals surface area contributed by atoms with Gasteiger partial charge in [-0.1, -0.05) is 6.07 Å². The average Bonchev–Trinajstić information content (AvgIpc) is 2.99. The Labute approximate surface area is 141 Å². The predicted molar refractivity (Wildman–Crippen MR) is 86.9 cm³/mol. The minimum absolute atomic E-state index is 0.278. The molecule has 0 bridgehead atoms. The highest BCUT2D eigenvalue weighted by Gasteiger charge is 2.36. The van der Waals surface area contributed by atoms with E-state index in [-0.39, 0.29) is 5.91 Å². The van der Waals surface area contributed by atoms with Crippen LogP contribution in [0.15, 0.2) is 24.4 Å². The lowest BCUT2D eigenvalue weighted by Crippen LogP contribution is -2.54. The molecule has 5 nitrogen and oxygen atoms in total. The van der Waals surface area contributed by atoms with Crippen LogP contribution in [0.5, 0.6) is 0 Å². The lowest BCUT2D eigenvalue weighted by molar-refractivity contribution is -0.124. The van der Waals surface area contributed by atoms with Gasteiger partial charge in [-0.05, 0) is 30.5 Å². The van der Waals surface area contributed by atoms with Crippen LogP contribution in [0.4, 0.5) is 13.9 Å². The number of ether oxygens (including phenoxy) is 1. The van der Waals surface area contributed by atoms with E-state index in [1.165, 1.54) is 17.4 Å². The normalized spacial score (nSPS) is 16.8. The van der Waals surface area contributed by atoms with Gasteiger partial charge in [0.25, 0.3) is 0 Å². The molecule has 0 spiro atoms. The Morgan fingerprint density at radius 3 is 2.79 bits per heavy atom. The summed E-state index contributed by atoms with van der Waals surface area (Å²) in [7, 11) is 0. The van der Waals surface area contributed by atoms with E-state index in [9.17, 15) is 13.6 Å². The molecule has 1 aliphatic rings. The molecule has 2 aromatic rings. The van der Waals surface area contributed by atoms with Gasteiger partial charge in [-0.25, -0.2) is 13.8 Å². The molecule has 3 N–H and O–H groups in total. The molecule has 1 aromatic carbocycles. The van der Waals surface area contributed by atoms with Crippen molar-refractivity contribution in [2.24, 2.45) is 5.73 Å². The number of nitrogens with zero attached hydrogens (tertiary/aromatic N) is 1. The molecule has 1 saturated heterocycles. The molecular weight excluding hydrogens is 336 g/mol. The molecule has 0 radical (unpaired) electrons. The van der Waals surface area contributed by atoms with Crippen LogP contribution in [0, 0.1) is 11.6 Å². The number of rotatable bonds is 4. The van der Waals surface area contributed by atoms with Gasteiger partial charge in [-0.15, -0.1) is 11.3 Å². The lowest BCUT2D eigenvalue weighted by Gasteiger charge is -2.31. The van der Waals surface area contributed by atoms with Gasteiger partial charge in [-0.2, -0.15) is 0 Å². The smallest absolute Gasteiger partial charge is 0.246 e. The fourth-order valence-electron chi connectivity index (χ4n) is 2.48. The lowest BCUT2D eigenvalue weighted by atomic mass is 9.90.